The molecule has 0 amide bonds. The minimum absolute atomic E-state index is 0.560. The number of halogens is 1. The Morgan fingerprint density at radius 3 is 2.50 bits per heavy atom. The van der Waals surface area contributed by atoms with Gasteiger partial charge in [0.15, 0.2) is 0 Å². The lowest BCUT2D eigenvalue weighted by molar-refractivity contribution is 0.163. The van der Waals surface area contributed by atoms with E-state index in [1.165, 1.54) is 24.8 Å². The Bertz CT molecular complexity index is 344. The van der Waals surface area contributed by atoms with E-state index >= 15 is 0 Å². The lowest BCUT2D eigenvalue weighted by atomic mass is 9.99. The summed E-state index contributed by atoms with van der Waals surface area (Å²) in [6.07, 6.45) is 3.80. The Kier molecular flexibility index (Phi) is 5.48. The number of nitrogens with zero attached hydrogens (tertiary/aromatic N) is 1. The zero-order valence-corrected chi connectivity index (χ0v) is 11.9. The first kappa shape index (κ1) is 13.9. The molecule has 1 saturated heterocycles. The summed E-state index contributed by atoms with van der Waals surface area (Å²) in [5.41, 5.74) is 1.41. The molecule has 1 aliphatic heterocycles. The molecule has 0 aromatic heterocycles. The van der Waals surface area contributed by atoms with Crippen molar-refractivity contribution in [3.05, 3.63) is 34.9 Å². The van der Waals surface area contributed by atoms with Gasteiger partial charge in [0.1, 0.15) is 0 Å². The first-order valence-corrected chi connectivity index (χ1v) is 7.39. The predicted molar refractivity (Wildman–Crippen MR) is 78.2 cm³/mol. The summed E-state index contributed by atoms with van der Waals surface area (Å²) in [6, 6.07) is 8.95. The van der Waals surface area contributed by atoms with Gasteiger partial charge in [-0.05, 0) is 24.1 Å². The summed E-state index contributed by atoms with van der Waals surface area (Å²) in [5, 5.41) is 4.25. The van der Waals surface area contributed by atoms with Gasteiger partial charge in [-0.1, -0.05) is 43.5 Å². The maximum absolute atomic E-state index is 5.98. The number of piperazine rings is 1. The van der Waals surface area contributed by atoms with Crippen LogP contribution >= 0.6 is 11.6 Å². The van der Waals surface area contributed by atoms with Crippen molar-refractivity contribution in [3.8, 4) is 0 Å². The number of unbranched alkanes of at least 4 members (excludes halogenated alkanes) is 1. The fourth-order valence-electron chi connectivity index (χ4n) is 2.64. The van der Waals surface area contributed by atoms with Crippen LogP contribution in [0.3, 0.4) is 0 Å². The van der Waals surface area contributed by atoms with Gasteiger partial charge in [0, 0.05) is 37.2 Å². The molecule has 2 nitrogen and oxygen atoms in total. The van der Waals surface area contributed by atoms with Crippen LogP contribution in [0.25, 0.3) is 0 Å². The van der Waals surface area contributed by atoms with Crippen molar-refractivity contribution in [1.29, 1.82) is 0 Å². The molecule has 0 aliphatic carbocycles. The molecule has 0 saturated carbocycles. The van der Waals surface area contributed by atoms with Crippen molar-refractivity contribution < 1.29 is 0 Å². The highest BCUT2D eigenvalue weighted by Crippen LogP contribution is 2.27. The molecule has 3 heteroatoms. The molecule has 0 unspecified atom stereocenters. The first-order chi connectivity index (χ1) is 8.81. The van der Waals surface area contributed by atoms with Gasteiger partial charge >= 0.3 is 0 Å². The van der Waals surface area contributed by atoms with Crippen molar-refractivity contribution in [2.24, 2.45) is 0 Å². The normalized spacial score (nSPS) is 18.8. The van der Waals surface area contributed by atoms with Gasteiger partial charge in [-0.25, -0.2) is 0 Å². The molecule has 1 aromatic carbocycles. The predicted octanol–water partition coefficient (Wildman–Crippen LogP) is 3.48. The van der Waals surface area contributed by atoms with E-state index in [1.54, 1.807) is 0 Å². The van der Waals surface area contributed by atoms with Crippen LogP contribution in [0.4, 0.5) is 0 Å². The van der Waals surface area contributed by atoms with Crippen LogP contribution in [0, 0.1) is 0 Å². The monoisotopic (exact) mass is 266 g/mol. The standard InChI is InChI=1S/C15H23ClN2/c1-2-3-4-15(18-11-9-17-10-12-18)13-5-7-14(16)8-6-13/h5-8,15,17H,2-4,9-12H2,1H3/t15-/m0/s1. The Labute approximate surface area is 115 Å². The van der Waals surface area contributed by atoms with Gasteiger partial charge in [-0.15, -0.1) is 0 Å². The summed E-state index contributed by atoms with van der Waals surface area (Å²) >= 11 is 5.98. The molecule has 18 heavy (non-hydrogen) atoms. The van der Waals surface area contributed by atoms with E-state index in [-0.39, 0.29) is 0 Å². The molecule has 0 bridgehead atoms. The summed E-state index contributed by atoms with van der Waals surface area (Å²) in [6.45, 7) is 6.77. The third-order valence-corrected chi connectivity index (χ3v) is 3.93. The van der Waals surface area contributed by atoms with Crippen LogP contribution in [-0.4, -0.2) is 31.1 Å². The molecule has 100 valence electrons. The van der Waals surface area contributed by atoms with Crippen molar-refractivity contribution >= 4 is 11.6 Å². The smallest absolute Gasteiger partial charge is 0.0406 e. The van der Waals surface area contributed by atoms with Crippen LogP contribution in [0.15, 0.2) is 24.3 Å². The number of hydrogen-bond acceptors (Lipinski definition) is 2. The summed E-state index contributed by atoms with van der Waals surface area (Å²) in [5.74, 6) is 0. The molecule has 1 fully saturated rings. The van der Waals surface area contributed by atoms with Gasteiger partial charge in [-0.2, -0.15) is 0 Å². The lowest BCUT2D eigenvalue weighted by Gasteiger charge is -2.35. The molecular formula is C15H23ClN2. The molecular weight excluding hydrogens is 244 g/mol. The highest BCUT2D eigenvalue weighted by molar-refractivity contribution is 6.30. The van der Waals surface area contributed by atoms with Crippen LogP contribution in [0.5, 0.6) is 0 Å². The van der Waals surface area contributed by atoms with Crippen LogP contribution in [0.1, 0.15) is 37.8 Å². The van der Waals surface area contributed by atoms with Crippen LogP contribution in [0.2, 0.25) is 5.02 Å². The fraction of sp³-hybridized carbons (Fsp3) is 0.600. The third kappa shape index (κ3) is 3.71. The maximum Gasteiger partial charge on any atom is 0.0406 e. The molecule has 1 atom stereocenters. The van der Waals surface area contributed by atoms with E-state index in [0.717, 1.165) is 31.2 Å². The Balaban J connectivity index is 2.10. The minimum Gasteiger partial charge on any atom is -0.314 e. The van der Waals surface area contributed by atoms with Crippen molar-refractivity contribution in [1.82, 2.24) is 10.2 Å². The van der Waals surface area contributed by atoms with E-state index in [0.29, 0.717) is 6.04 Å². The average molecular weight is 267 g/mol. The van der Waals surface area contributed by atoms with E-state index in [2.05, 4.69) is 29.3 Å². The number of benzene rings is 1. The molecule has 2 rings (SSSR count). The van der Waals surface area contributed by atoms with E-state index in [4.69, 9.17) is 11.6 Å². The quantitative estimate of drug-likeness (QED) is 0.878. The summed E-state index contributed by atoms with van der Waals surface area (Å²) < 4.78 is 0. The average Bonchev–Trinajstić information content (AvgIpc) is 2.42. The molecule has 1 aliphatic rings. The van der Waals surface area contributed by atoms with E-state index in [1.807, 2.05) is 12.1 Å². The van der Waals surface area contributed by atoms with Crippen molar-refractivity contribution in [2.45, 2.75) is 32.2 Å². The largest absolute Gasteiger partial charge is 0.314 e. The second-order valence-corrected chi connectivity index (χ2v) is 5.43. The second-order valence-electron chi connectivity index (χ2n) is 5.00. The van der Waals surface area contributed by atoms with Gasteiger partial charge in [0.2, 0.25) is 0 Å². The SMILES string of the molecule is CCCC[C@@H](c1ccc(Cl)cc1)N1CCNCC1. The Morgan fingerprint density at radius 1 is 1.22 bits per heavy atom. The lowest BCUT2D eigenvalue weighted by Crippen LogP contribution is -2.45. The topological polar surface area (TPSA) is 15.3 Å². The Morgan fingerprint density at radius 2 is 1.89 bits per heavy atom. The molecule has 0 radical (unpaired) electrons. The zero-order chi connectivity index (χ0) is 12.8. The highest BCUT2D eigenvalue weighted by atomic mass is 35.5. The third-order valence-electron chi connectivity index (χ3n) is 3.68. The molecule has 0 spiro atoms. The Hall–Kier alpha value is -0.570. The zero-order valence-electron chi connectivity index (χ0n) is 11.2. The van der Waals surface area contributed by atoms with Crippen molar-refractivity contribution in [2.75, 3.05) is 26.2 Å². The number of nitrogens with one attached hydrogen (secondary N) is 1. The van der Waals surface area contributed by atoms with Gasteiger partial charge < -0.3 is 5.32 Å². The fourth-order valence-corrected chi connectivity index (χ4v) is 2.76. The van der Waals surface area contributed by atoms with Gasteiger partial charge in [-0.3, -0.25) is 4.90 Å². The second kappa shape index (κ2) is 7.13. The van der Waals surface area contributed by atoms with E-state index in [9.17, 15) is 0 Å². The summed E-state index contributed by atoms with van der Waals surface area (Å²) in [4.78, 5) is 2.61. The summed E-state index contributed by atoms with van der Waals surface area (Å²) in [7, 11) is 0. The van der Waals surface area contributed by atoms with Crippen LogP contribution in [-0.2, 0) is 0 Å². The van der Waals surface area contributed by atoms with Gasteiger partial charge in [0.05, 0.1) is 0 Å². The molecule has 1 N–H and O–H groups in total. The number of rotatable bonds is 5. The highest BCUT2D eigenvalue weighted by Gasteiger charge is 2.21. The maximum atomic E-state index is 5.98. The molecule has 1 heterocycles. The molecule has 1 aromatic rings. The van der Waals surface area contributed by atoms with Gasteiger partial charge in [0.25, 0.3) is 0 Å². The van der Waals surface area contributed by atoms with Crippen LogP contribution < -0.4 is 5.32 Å². The minimum atomic E-state index is 0.560. The first-order valence-electron chi connectivity index (χ1n) is 7.01. The van der Waals surface area contributed by atoms with E-state index < -0.39 is 0 Å². The van der Waals surface area contributed by atoms with Crippen molar-refractivity contribution in [3.63, 3.8) is 0 Å². The number of hydrogen-bond donors (Lipinski definition) is 1.